The van der Waals surface area contributed by atoms with Crippen LogP contribution >= 0.6 is 15.9 Å². The van der Waals surface area contributed by atoms with Crippen LogP contribution < -0.4 is 108 Å². The van der Waals surface area contributed by atoms with E-state index in [4.69, 9.17) is 4.74 Å². The molecule has 0 bridgehead atoms. The first-order valence-corrected chi connectivity index (χ1v) is 56.3. The number of halogens is 9. The monoisotopic (exact) mass is 2170 g/mol. The topological polar surface area (TPSA) is 316 Å². The van der Waals surface area contributed by atoms with E-state index in [0.29, 0.717) is 182 Å². The summed E-state index contributed by atoms with van der Waals surface area (Å²) < 4.78 is 129. The third-order valence-corrected chi connectivity index (χ3v) is 43.6. The number of rotatable bonds is 12. The van der Waals surface area contributed by atoms with Gasteiger partial charge in [0.05, 0.1) is 62.5 Å². The minimum atomic E-state index is -1.17. The molecule has 1 aliphatic heterocycles. The fraction of sp³-hybridized carbons (Fsp3) is 0.730. The third-order valence-electron chi connectivity index (χ3n) is 43.0. The summed E-state index contributed by atoms with van der Waals surface area (Å²) in [5.74, 6) is 2.13. The van der Waals surface area contributed by atoms with Crippen LogP contribution in [0.5, 0.6) is 0 Å². The standard InChI is InChI=1S/C28H36F2N2O2.2C27H35F2N3O2.C21H32BrFO2.C7H5FN2.C5H8O4.2K.H/c1-26(34)11-12-28(30)18(14-26)3-5-20-21-6-7-23(27(21,2)10-9-22(20)28)25(33)16-32-15-17-13-19(29)4-8-24(17)31-32;1-25(34)11-12-27(29)16(14-25)3-5-18-19-6-7-21(26(19,2)10-9-20(18)27)24(33)15-32-23-8-4-17(28)13-22(23)30-31-32;1-25(34)11-12-27(29)16(14-25)3-5-18-19-6-7-21(26(19,2)10-9-20(18)27)24(33)15-32-23-13-17(28)4-8-22(23)30-31-32;1-19(25)9-10-21(23)13(11-19)3-4-14-15-5-6-17(18(24)12-22)20(15,2)8-7-16(14)21;8-6-1-2-7-5(3-6)4-9-10-7;6-5(9-7)4-2-1-3-8-4;;;/h4,8,13,15,18,20-23,34H,3,5-7,9-12,14,16H2,1-2H3;2*4,8,13,16,18-21,34H,3,5-7,9-12,14-15H2,1-2H3;13-17,25H,3-12H2,1-2H3;1-4H,(H,9,10);4,7H,1-3H2;;;/q;;;;;;2*+1;-1/p-1/t18-,20+,21+,22+,23-,26-,27+,28-;2*16-,18+,19+,20+,21-,25-,26+,27-;13-,14+,15+,16+,17-,19-,20+,21-;;;;;/m1111...../s1. The van der Waals surface area contributed by atoms with E-state index >= 15 is 17.6 Å². The Bertz CT molecular complexity index is 6180. The molecule has 17 fully saturated rings. The Labute approximate surface area is 958 Å². The molecule has 148 heavy (non-hydrogen) atoms. The van der Waals surface area contributed by atoms with Crippen LogP contribution in [-0.4, -0.2) is 163 Å². The Morgan fingerprint density at radius 1 is 0.419 bits per heavy atom. The zero-order valence-corrected chi connectivity index (χ0v) is 95.9. The molecule has 4 aromatic carbocycles. The number of aliphatic hydroxyl groups is 4. The molecule has 1 saturated heterocycles. The van der Waals surface area contributed by atoms with Crippen molar-refractivity contribution in [3.05, 3.63) is 108 Å². The van der Waals surface area contributed by atoms with Crippen LogP contribution in [0.15, 0.2) is 85.2 Å². The molecular weight excluding hydrogens is 2020 g/mol. The van der Waals surface area contributed by atoms with Gasteiger partial charge in [0.2, 0.25) is 0 Å². The van der Waals surface area contributed by atoms with Crippen LogP contribution in [0.1, 0.15) is 301 Å². The van der Waals surface area contributed by atoms with Crippen LogP contribution in [0.25, 0.3) is 43.9 Å². The molecule has 8 aromatic rings. The number of hydrogen-bond acceptors (Lipinski definition) is 18. The number of Topliss-reactive ketones (excluding diaryl/α,β-unsaturated/α-hetero) is 4. The predicted octanol–water partition coefficient (Wildman–Crippen LogP) is 16.2. The molecule has 25 rings (SSSR count). The van der Waals surface area contributed by atoms with Gasteiger partial charge < -0.3 is 36.7 Å². The van der Waals surface area contributed by atoms with E-state index in [1.807, 2.05) is 27.7 Å². The van der Waals surface area contributed by atoms with Crippen molar-refractivity contribution in [2.45, 2.75) is 370 Å². The summed E-state index contributed by atoms with van der Waals surface area (Å²) in [6, 6.07) is 17.7. The Morgan fingerprint density at radius 3 is 1.19 bits per heavy atom. The molecular formula is C115H151BrF8K2N10O12. The molecule has 17 aliphatic rings. The molecule has 33 heteroatoms. The Kier molecular flexibility index (Phi) is 33.3. The summed E-state index contributed by atoms with van der Waals surface area (Å²) in [5, 5.41) is 80.9. The number of carbonyl (C=O) groups excluding carboxylic acids is 5. The predicted molar refractivity (Wildman–Crippen MR) is 537 cm³/mol. The molecule has 5 heterocycles. The van der Waals surface area contributed by atoms with E-state index in [0.717, 1.165) is 171 Å². The number of hydrogen-bond donors (Lipinski definition) is 5. The Hall–Kier alpha value is -4.28. The number of aromatic nitrogens is 10. The number of alkyl halides is 5. The number of carbonyl (C=O) groups is 5. The van der Waals surface area contributed by atoms with E-state index in [2.05, 4.69) is 84.4 Å². The van der Waals surface area contributed by atoms with Gasteiger partial charge in [-0.2, -0.15) is 10.2 Å². The van der Waals surface area contributed by atoms with Crippen LogP contribution in [0.4, 0.5) is 35.1 Å². The maximum atomic E-state index is 16.5. The molecule has 0 amide bonds. The largest absolute Gasteiger partial charge is 1.00 e. The van der Waals surface area contributed by atoms with Gasteiger partial charge in [0.25, 0.3) is 0 Å². The zero-order valence-electron chi connectivity index (χ0n) is 89.1. The smallest absolute Gasteiger partial charge is 1.00 e. The number of nitrogens with one attached hydrogen (secondary N) is 1. The van der Waals surface area contributed by atoms with E-state index in [1.54, 1.807) is 46.0 Å². The van der Waals surface area contributed by atoms with Gasteiger partial charge in [-0.25, -0.2) is 49.3 Å². The summed E-state index contributed by atoms with van der Waals surface area (Å²) in [5.41, 5.74) is -3.87. The van der Waals surface area contributed by atoms with Gasteiger partial charge in [-0.3, -0.25) is 29.0 Å². The van der Waals surface area contributed by atoms with Crippen LogP contribution in [0.2, 0.25) is 0 Å². The average Bonchev–Trinajstić information content (AvgIpc) is 1.64. The van der Waals surface area contributed by atoms with Crippen molar-refractivity contribution in [1.82, 2.24) is 50.0 Å². The second kappa shape index (κ2) is 43.5. The average molecular weight is 2180 g/mol. The normalized spacial score (nSPS) is 41.8. The van der Waals surface area contributed by atoms with E-state index in [1.165, 1.54) is 53.2 Å². The van der Waals surface area contributed by atoms with Crippen LogP contribution in [0.3, 0.4) is 0 Å². The van der Waals surface area contributed by atoms with Gasteiger partial charge in [-0.1, -0.05) is 54.1 Å². The quantitative estimate of drug-likeness (QED) is 0.0249. The van der Waals surface area contributed by atoms with Gasteiger partial charge in [-0.05, 0) is 449 Å². The fourth-order valence-electron chi connectivity index (χ4n) is 35.9. The summed E-state index contributed by atoms with van der Waals surface area (Å²) in [6.07, 6.45) is 33.0. The Morgan fingerprint density at radius 2 is 0.784 bits per heavy atom. The second-order valence-electron chi connectivity index (χ2n) is 51.1. The minimum absolute atomic E-state index is 0. The molecule has 16 aliphatic carbocycles. The maximum Gasteiger partial charge on any atom is 1.00 e. The fourth-order valence-corrected chi connectivity index (χ4v) is 36.3. The molecule has 4 aromatic heterocycles. The SMILES string of the molecule is C[C@@]1(O)CC[C@@]2(F)[C@H](CC[C@H]3[C@@H]4CC[C@H](C(=O)CBr)[C@@]4(C)CC[C@@H]32)C1.C[C@@]1(O)CC[C@@]2(F)[C@H](CC[C@H]3[C@@H]4CC[C@H](C(=O)Cn5cc6cc(F)ccc6n5)[C@@]4(C)CC[C@@H]32)C1.C[C@@]1(O)CC[C@@]2(F)[C@H](CC[C@H]3[C@@H]4CC[C@H](C(=O)Cn5nnc6cc(F)ccc65)[C@@]4(C)CC[C@@H]32)C1.C[C@@]1(O)CC[C@@]2(F)[C@H](CC[C@H]3[C@@H]4CC[C@H](C(=O)Cn5nnc6ccc(F)cc65)[C@@]4(C)CC[C@@H]32)C1.Fc1ccc2[nH]ncc2c1.O=C(O[O-])C1CCCO1.[H-].[K+].[K+]. The van der Waals surface area contributed by atoms with Gasteiger partial charge in [-0.15, -0.1) is 10.2 Å². The first-order chi connectivity index (χ1) is 69.2. The van der Waals surface area contributed by atoms with Crippen molar-refractivity contribution in [3.8, 4) is 0 Å². The number of nitrogens with zero attached hydrogens (tertiary/aromatic N) is 9. The van der Waals surface area contributed by atoms with Crippen molar-refractivity contribution in [3.63, 3.8) is 0 Å². The van der Waals surface area contributed by atoms with Crippen molar-refractivity contribution >= 4 is 88.9 Å². The first kappa shape index (κ1) is 113. The van der Waals surface area contributed by atoms with Crippen molar-refractivity contribution in [2.75, 3.05) is 11.9 Å². The molecule has 0 radical (unpaired) electrons. The third kappa shape index (κ3) is 21.3. The minimum Gasteiger partial charge on any atom is -1.00 e. The molecule has 1 unspecified atom stereocenters. The molecule has 22 nitrogen and oxygen atoms in total. The van der Waals surface area contributed by atoms with Crippen molar-refractivity contribution in [1.29, 1.82) is 0 Å². The van der Waals surface area contributed by atoms with Gasteiger partial charge >= 0.3 is 109 Å². The summed E-state index contributed by atoms with van der Waals surface area (Å²) in [7, 11) is 0. The number of ketones is 4. The maximum absolute atomic E-state index is 16.5. The number of H-pyrrole nitrogens is 1. The van der Waals surface area contributed by atoms with Crippen LogP contribution in [0, 0.1) is 163 Å². The van der Waals surface area contributed by atoms with Crippen molar-refractivity contribution < 1.29 is 199 Å². The number of fused-ring (bicyclic) bond motifs is 24. The molecule has 0 spiro atoms. The van der Waals surface area contributed by atoms with E-state index in [9.17, 15) is 67.2 Å². The summed E-state index contributed by atoms with van der Waals surface area (Å²) in [4.78, 5) is 66.6. The molecule has 16 saturated carbocycles. The van der Waals surface area contributed by atoms with Gasteiger partial charge in [0.15, 0.2) is 23.5 Å². The summed E-state index contributed by atoms with van der Waals surface area (Å²) >= 11 is 3.37. The van der Waals surface area contributed by atoms with Crippen LogP contribution in [-0.2, 0) is 53.2 Å². The number of benzene rings is 4. The summed E-state index contributed by atoms with van der Waals surface area (Å²) in [6.45, 7) is 17.6. The second-order valence-corrected chi connectivity index (χ2v) is 51.7. The van der Waals surface area contributed by atoms with Gasteiger partial charge in [0, 0.05) is 59.4 Å². The molecule has 5 N–H and O–H groups in total. The zero-order chi connectivity index (χ0) is 103. The molecule has 798 valence electrons. The van der Waals surface area contributed by atoms with Gasteiger partial charge in [0.1, 0.15) is 75.9 Å². The first-order valence-electron chi connectivity index (χ1n) is 55.2. The Balaban J connectivity index is 0.000000127. The van der Waals surface area contributed by atoms with E-state index in [-0.39, 0.29) is 257 Å². The van der Waals surface area contributed by atoms with Crippen molar-refractivity contribution in [2.24, 2.45) is 140 Å². The number of aromatic amines is 1. The molecule has 33 atom stereocenters. The van der Waals surface area contributed by atoms with E-state index < -0.39 is 57.2 Å². The number of ether oxygens (including phenoxy) is 1.